The molecule has 1 aromatic heterocycles. The highest BCUT2D eigenvalue weighted by molar-refractivity contribution is 8.01. The first-order valence-corrected chi connectivity index (χ1v) is 9.51. The van der Waals surface area contributed by atoms with E-state index in [1.165, 1.54) is 16.7 Å². The van der Waals surface area contributed by atoms with Crippen LogP contribution in [0.15, 0.2) is 28.6 Å². The number of amides is 2. The van der Waals surface area contributed by atoms with E-state index in [0.29, 0.717) is 5.88 Å². The van der Waals surface area contributed by atoms with E-state index in [0.717, 1.165) is 27.4 Å². The monoisotopic (exact) mass is 346 g/mol. The molecule has 0 spiro atoms. The van der Waals surface area contributed by atoms with Crippen LogP contribution in [0.25, 0.3) is 10.2 Å². The van der Waals surface area contributed by atoms with Crippen LogP contribution in [-0.2, 0) is 14.3 Å². The Bertz CT molecular complexity index is 760. The minimum Gasteiger partial charge on any atom is -0.373 e. The van der Waals surface area contributed by atoms with Crippen LogP contribution in [0.3, 0.4) is 0 Å². The summed E-state index contributed by atoms with van der Waals surface area (Å²) in [4.78, 5) is 31.1. The van der Waals surface area contributed by atoms with Gasteiger partial charge in [-0.2, -0.15) is 0 Å². The molecule has 3 saturated heterocycles. The van der Waals surface area contributed by atoms with Crippen LogP contribution >= 0.6 is 23.1 Å². The van der Waals surface area contributed by atoms with Gasteiger partial charge in [-0.15, -0.1) is 11.3 Å². The lowest BCUT2D eigenvalue weighted by Gasteiger charge is -2.16. The van der Waals surface area contributed by atoms with Crippen LogP contribution in [0.1, 0.15) is 12.8 Å². The van der Waals surface area contributed by atoms with Gasteiger partial charge >= 0.3 is 0 Å². The van der Waals surface area contributed by atoms with Gasteiger partial charge in [0.1, 0.15) is 0 Å². The first-order chi connectivity index (χ1) is 11.2. The molecule has 0 radical (unpaired) electrons. The number of rotatable bonds is 3. The molecule has 4 atom stereocenters. The molecule has 3 aliphatic rings. The number of fused-ring (bicyclic) bond motifs is 6. The minimum atomic E-state index is -0.239. The van der Waals surface area contributed by atoms with E-state index in [4.69, 9.17) is 4.74 Å². The Morgan fingerprint density at radius 3 is 2.57 bits per heavy atom. The lowest BCUT2D eigenvalue weighted by atomic mass is 9.81. The molecule has 0 saturated carbocycles. The third-order valence-corrected chi connectivity index (χ3v) is 7.13. The highest BCUT2D eigenvalue weighted by Gasteiger charge is 2.62. The number of hydrogen-bond donors (Lipinski definition) is 0. The topological polar surface area (TPSA) is 59.5 Å². The molecule has 5 nitrogen and oxygen atoms in total. The Balaban J connectivity index is 1.35. The zero-order valence-electron chi connectivity index (χ0n) is 12.2. The number of ether oxygens (including phenoxy) is 1. The summed E-state index contributed by atoms with van der Waals surface area (Å²) in [6.07, 6.45) is 1.73. The number of benzene rings is 1. The van der Waals surface area contributed by atoms with Crippen molar-refractivity contribution in [1.29, 1.82) is 0 Å². The molecular formula is C16H14N2O3S2. The lowest BCUT2D eigenvalue weighted by molar-refractivity contribution is -0.141. The second kappa shape index (κ2) is 5.03. The van der Waals surface area contributed by atoms with Crippen molar-refractivity contribution < 1.29 is 14.3 Å². The number of likely N-dealkylation sites (tertiary alicyclic amines) is 1. The second-order valence-corrected chi connectivity index (χ2v) is 8.39. The molecule has 5 rings (SSSR count). The summed E-state index contributed by atoms with van der Waals surface area (Å²) < 4.78 is 7.76. The fraction of sp³-hybridized carbons (Fsp3) is 0.438. The van der Waals surface area contributed by atoms with Crippen LogP contribution in [0, 0.1) is 11.8 Å². The lowest BCUT2D eigenvalue weighted by Crippen LogP contribution is -2.33. The van der Waals surface area contributed by atoms with E-state index in [9.17, 15) is 9.59 Å². The summed E-state index contributed by atoms with van der Waals surface area (Å²) in [5.41, 5.74) is 0.961. The second-order valence-electron chi connectivity index (χ2n) is 6.17. The van der Waals surface area contributed by atoms with Gasteiger partial charge in [0.05, 0.1) is 40.1 Å². The molecule has 23 heavy (non-hydrogen) atoms. The molecule has 3 aliphatic heterocycles. The molecule has 0 N–H and O–H groups in total. The number of hydrogen-bond acceptors (Lipinski definition) is 6. The number of imide groups is 1. The van der Waals surface area contributed by atoms with E-state index in [-0.39, 0.29) is 35.9 Å². The van der Waals surface area contributed by atoms with Crippen LogP contribution in [0.4, 0.5) is 0 Å². The Kier molecular flexibility index (Phi) is 3.05. The third kappa shape index (κ3) is 2.00. The summed E-state index contributed by atoms with van der Waals surface area (Å²) >= 11 is 3.06. The van der Waals surface area contributed by atoms with Gasteiger partial charge in [0.2, 0.25) is 11.8 Å². The van der Waals surface area contributed by atoms with Crippen molar-refractivity contribution >= 4 is 45.1 Å². The van der Waals surface area contributed by atoms with Gasteiger partial charge < -0.3 is 4.74 Å². The molecule has 4 heterocycles. The predicted molar refractivity (Wildman–Crippen MR) is 87.1 cm³/mol. The predicted octanol–water partition coefficient (Wildman–Crippen LogP) is 2.51. The summed E-state index contributed by atoms with van der Waals surface area (Å²) in [7, 11) is 0. The number of carbonyl (C=O) groups excluding carboxylic acids is 2. The maximum absolute atomic E-state index is 12.6. The van der Waals surface area contributed by atoms with Gasteiger partial charge in [-0.25, -0.2) is 4.98 Å². The van der Waals surface area contributed by atoms with E-state index in [1.807, 2.05) is 24.3 Å². The highest BCUT2D eigenvalue weighted by Crippen LogP contribution is 2.49. The molecule has 118 valence electrons. The largest absolute Gasteiger partial charge is 0.373 e. The van der Waals surface area contributed by atoms with Gasteiger partial charge in [0.25, 0.3) is 0 Å². The highest BCUT2D eigenvalue weighted by atomic mass is 32.2. The number of thiazole rings is 1. The SMILES string of the molecule is O=C1[C@@H]2[C@@H](C(=O)N1CSc1nc3ccccc3s1)[C@H]1CC[C@@H]2O1. The molecule has 2 aromatic rings. The first-order valence-electron chi connectivity index (χ1n) is 7.71. The minimum absolute atomic E-state index is 0.0427. The van der Waals surface area contributed by atoms with Crippen molar-refractivity contribution in [3.05, 3.63) is 24.3 Å². The smallest absolute Gasteiger partial charge is 0.236 e. The molecule has 2 amide bonds. The fourth-order valence-corrected chi connectivity index (χ4v) is 5.95. The number of para-hydroxylation sites is 1. The molecule has 1 aromatic carbocycles. The zero-order valence-corrected chi connectivity index (χ0v) is 13.8. The Hall–Kier alpha value is -1.44. The maximum Gasteiger partial charge on any atom is 0.236 e. The Morgan fingerprint density at radius 1 is 1.17 bits per heavy atom. The summed E-state index contributed by atoms with van der Waals surface area (Å²) in [5.74, 6) is -0.236. The van der Waals surface area contributed by atoms with Crippen molar-refractivity contribution in [3.63, 3.8) is 0 Å². The molecular weight excluding hydrogens is 332 g/mol. The van der Waals surface area contributed by atoms with Gasteiger partial charge in [-0.3, -0.25) is 14.5 Å². The standard InChI is InChI=1S/C16H14N2O3S2/c19-14-12-9-5-6-10(21-9)13(12)15(20)18(14)7-22-16-17-8-3-1-2-4-11(8)23-16/h1-4,9-10,12-13H,5-7H2/t9-,10+,12-,13-/m0/s1. The number of nitrogens with zero attached hydrogens (tertiary/aromatic N) is 2. The number of aromatic nitrogens is 1. The maximum atomic E-state index is 12.6. The van der Waals surface area contributed by atoms with Gasteiger partial charge in [0.15, 0.2) is 4.34 Å². The van der Waals surface area contributed by atoms with E-state index in [2.05, 4.69) is 4.98 Å². The van der Waals surface area contributed by atoms with Crippen LogP contribution < -0.4 is 0 Å². The van der Waals surface area contributed by atoms with Crippen molar-refractivity contribution in [1.82, 2.24) is 9.88 Å². The first kappa shape index (κ1) is 13.9. The van der Waals surface area contributed by atoms with Crippen molar-refractivity contribution in [3.8, 4) is 0 Å². The van der Waals surface area contributed by atoms with E-state index in [1.54, 1.807) is 11.3 Å². The van der Waals surface area contributed by atoms with Crippen molar-refractivity contribution in [2.45, 2.75) is 29.4 Å². The molecule has 2 bridgehead atoms. The van der Waals surface area contributed by atoms with Crippen LogP contribution in [0.5, 0.6) is 0 Å². The van der Waals surface area contributed by atoms with E-state index >= 15 is 0 Å². The van der Waals surface area contributed by atoms with Crippen LogP contribution in [-0.4, -0.2) is 39.8 Å². The Morgan fingerprint density at radius 2 is 1.87 bits per heavy atom. The normalized spacial score (nSPS) is 32.3. The summed E-state index contributed by atoms with van der Waals surface area (Å²) in [5, 5.41) is 0. The van der Waals surface area contributed by atoms with Gasteiger partial charge in [0, 0.05) is 0 Å². The fourth-order valence-electron chi connectivity index (χ4n) is 3.93. The average molecular weight is 346 g/mol. The quantitative estimate of drug-likeness (QED) is 0.631. The van der Waals surface area contributed by atoms with Gasteiger partial charge in [-0.1, -0.05) is 23.9 Å². The van der Waals surface area contributed by atoms with Gasteiger partial charge in [-0.05, 0) is 25.0 Å². The summed E-state index contributed by atoms with van der Waals surface area (Å²) in [6, 6.07) is 7.95. The summed E-state index contributed by atoms with van der Waals surface area (Å²) in [6.45, 7) is 0. The average Bonchev–Trinajstić information content (AvgIpc) is 3.29. The number of carbonyl (C=O) groups is 2. The molecule has 3 fully saturated rings. The number of thioether (sulfide) groups is 1. The molecule has 0 unspecified atom stereocenters. The van der Waals surface area contributed by atoms with Crippen LogP contribution in [0.2, 0.25) is 0 Å². The molecule has 0 aliphatic carbocycles. The third-order valence-electron chi connectivity index (χ3n) is 4.97. The molecule has 7 heteroatoms. The van der Waals surface area contributed by atoms with E-state index < -0.39 is 0 Å². The Labute approximate surface area is 141 Å². The van der Waals surface area contributed by atoms with Crippen molar-refractivity contribution in [2.24, 2.45) is 11.8 Å². The zero-order chi connectivity index (χ0) is 15.6. The van der Waals surface area contributed by atoms with Crippen molar-refractivity contribution in [2.75, 3.05) is 5.88 Å².